The van der Waals surface area contributed by atoms with Crippen molar-refractivity contribution >= 4 is 22.5 Å². The van der Waals surface area contributed by atoms with Crippen molar-refractivity contribution in [2.24, 2.45) is 5.92 Å². The highest BCUT2D eigenvalue weighted by molar-refractivity contribution is 6.06. The van der Waals surface area contributed by atoms with Crippen LogP contribution in [0.4, 0.5) is 18.9 Å². The summed E-state index contributed by atoms with van der Waals surface area (Å²) in [6.45, 7) is 5.51. The number of nitrogens with one attached hydrogen (secondary N) is 2. The molecular formula is C28H35F3N6O2. The first kappa shape index (κ1) is 27.4. The Labute approximate surface area is 225 Å². The molecule has 5 rings (SSSR count). The zero-order chi connectivity index (χ0) is 27.4. The number of likely N-dealkylation sites (tertiary alicyclic amines) is 1. The normalized spacial score (nSPS) is 17.9. The maximum atomic E-state index is 13.4. The van der Waals surface area contributed by atoms with Crippen molar-refractivity contribution in [3.05, 3.63) is 47.9 Å². The highest BCUT2D eigenvalue weighted by Gasteiger charge is 2.36. The van der Waals surface area contributed by atoms with Crippen molar-refractivity contribution in [3.63, 3.8) is 0 Å². The van der Waals surface area contributed by atoms with Crippen LogP contribution >= 0.6 is 0 Å². The summed E-state index contributed by atoms with van der Waals surface area (Å²) in [5, 5.41) is 11.5. The van der Waals surface area contributed by atoms with E-state index < -0.39 is 23.3 Å². The van der Waals surface area contributed by atoms with Crippen LogP contribution in [-0.2, 0) is 6.18 Å². The van der Waals surface area contributed by atoms with Gasteiger partial charge >= 0.3 is 6.18 Å². The van der Waals surface area contributed by atoms with Gasteiger partial charge in [0.05, 0.1) is 29.9 Å². The molecule has 2 aliphatic heterocycles. The van der Waals surface area contributed by atoms with Gasteiger partial charge in [-0.1, -0.05) is 0 Å². The second kappa shape index (κ2) is 11.9. The topological polar surface area (TPSA) is 84.3 Å². The van der Waals surface area contributed by atoms with Crippen LogP contribution in [0.15, 0.2) is 36.7 Å². The molecule has 8 nitrogen and oxygen atoms in total. The van der Waals surface area contributed by atoms with E-state index in [0.717, 1.165) is 75.2 Å². The van der Waals surface area contributed by atoms with Crippen molar-refractivity contribution in [3.8, 4) is 5.75 Å². The number of hydrogen-bond acceptors (Lipinski definition) is 6. The van der Waals surface area contributed by atoms with E-state index in [0.29, 0.717) is 11.3 Å². The van der Waals surface area contributed by atoms with E-state index in [1.807, 2.05) is 10.9 Å². The summed E-state index contributed by atoms with van der Waals surface area (Å²) >= 11 is 0. The van der Waals surface area contributed by atoms with Gasteiger partial charge in [0, 0.05) is 36.9 Å². The van der Waals surface area contributed by atoms with Crippen LogP contribution in [-0.4, -0.2) is 65.4 Å². The zero-order valence-corrected chi connectivity index (χ0v) is 22.1. The quantitative estimate of drug-likeness (QED) is 0.409. The summed E-state index contributed by atoms with van der Waals surface area (Å²) in [6, 6.07) is 5.64. The van der Waals surface area contributed by atoms with Gasteiger partial charge in [0.1, 0.15) is 11.4 Å². The van der Waals surface area contributed by atoms with Gasteiger partial charge in [0.25, 0.3) is 5.91 Å². The average Bonchev–Trinajstić information content (AvgIpc) is 3.36. The first-order valence-corrected chi connectivity index (χ1v) is 13.7. The van der Waals surface area contributed by atoms with Crippen molar-refractivity contribution in [1.82, 2.24) is 25.0 Å². The fraction of sp³-hybridized carbons (Fsp3) is 0.536. The number of pyridine rings is 1. The fourth-order valence-corrected chi connectivity index (χ4v) is 5.70. The Morgan fingerprint density at radius 3 is 2.67 bits per heavy atom. The molecule has 0 bridgehead atoms. The summed E-state index contributed by atoms with van der Waals surface area (Å²) in [4.78, 5) is 19.0. The smallest absolute Gasteiger partial charge is 0.418 e. The van der Waals surface area contributed by atoms with Gasteiger partial charge < -0.3 is 20.3 Å². The molecule has 2 aliphatic rings. The number of piperidine rings is 2. The molecular weight excluding hydrogens is 509 g/mol. The molecule has 0 aliphatic carbocycles. The number of benzene rings is 1. The number of fused-ring (bicyclic) bond motifs is 1. The summed E-state index contributed by atoms with van der Waals surface area (Å²) in [5.74, 6) is 0.220. The highest BCUT2D eigenvalue weighted by Crippen LogP contribution is 2.34. The molecule has 2 saturated heterocycles. The molecule has 4 heterocycles. The number of hydrogen-bond donors (Lipinski definition) is 2. The number of rotatable bonds is 8. The standard InChI is InChI=1S/C28H35F3N6O2/c1-39-25-17-23-20(16-24(25)34-27(38)26-22(28(29,30)31)5-2-10-33-26)18-37(35-23)21-8-14-36(15-9-21)13-3-4-19-6-11-32-12-7-19/h2,5,10,16-19,21,32H,3-4,6-9,11-15H2,1H3,(H,34,38). The minimum Gasteiger partial charge on any atom is -0.494 e. The predicted molar refractivity (Wildman–Crippen MR) is 143 cm³/mol. The van der Waals surface area contributed by atoms with Crippen LogP contribution in [0.25, 0.3) is 10.9 Å². The maximum Gasteiger partial charge on any atom is 0.418 e. The van der Waals surface area contributed by atoms with Gasteiger partial charge in [0.2, 0.25) is 0 Å². The molecule has 39 heavy (non-hydrogen) atoms. The van der Waals surface area contributed by atoms with Crippen molar-refractivity contribution < 1.29 is 22.7 Å². The van der Waals surface area contributed by atoms with E-state index in [-0.39, 0.29) is 11.7 Å². The Bertz CT molecular complexity index is 1280. The molecule has 2 fully saturated rings. The predicted octanol–water partition coefficient (Wildman–Crippen LogP) is 5.13. The van der Waals surface area contributed by atoms with E-state index in [2.05, 4.69) is 20.5 Å². The summed E-state index contributed by atoms with van der Waals surface area (Å²) < 4.78 is 47.5. The molecule has 3 aromatic rings. The van der Waals surface area contributed by atoms with Crippen LogP contribution in [0.1, 0.15) is 60.6 Å². The van der Waals surface area contributed by atoms with E-state index in [9.17, 15) is 18.0 Å². The van der Waals surface area contributed by atoms with Crippen LogP contribution in [0.5, 0.6) is 5.75 Å². The minimum absolute atomic E-state index is 0.261. The summed E-state index contributed by atoms with van der Waals surface area (Å²) in [7, 11) is 1.44. The molecule has 0 atom stereocenters. The van der Waals surface area contributed by atoms with Gasteiger partial charge in [0.15, 0.2) is 0 Å². The van der Waals surface area contributed by atoms with Crippen LogP contribution in [0, 0.1) is 5.92 Å². The van der Waals surface area contributed by atoms with Gasteiger partial charge in [-0.3, -0.25) is 14.5 Å². The largest absolute Gasteiger partial charge is 0.494 e. The minimum atomic E-state index is -4.70. The zero-order valence-electron chi connectivity index (χ0n) is 22.1. The van der Waals surface area contributed by atoms with E-state index in [1.165, 1.54) is 32.8 Å². The number of aromatic nitrogens is 3. The third kappa shape index (κ3) is 6.52. The Kier molecular flexibility index (Phi) is 8.37. The van der Waals surface area contributed by atoms with Gasteiger partial charge in [-0.25, -0.2) is 0 Å². The second-order valence-electron chi connectivity index (χ2n) is 10.5. The lowest BCUT2D eigenvalue weighted by atomic mass is 9.93. The van der Waals surface area contributed by atoms with Gasteiger partial charge in [-0.05, 0) is 82.3 Å². The van der Waals surface area contributed by atoms with Crippen LogP contribution in [0.2, 0.25) is 0 Å². The lowest BCUT2D eigenvalue weighted by Crippen LogP contribution is -2.35. The summed E-state index contributed by atoms with van der Waals surface area (Å²) in [6.07, 6.45) is 5.55. The van der Waals surface area contributed by atoms with Gasteiger partial charge in [-0.2, -0.15) is 18.3 Å². The van der Waals surface area contributed by atoms with Crippen molar-refractivity contribution in [1.29, 1.82) is 0 Å². The molecule has 210 valence electrons. The average molecular weight is 545 g/mol. The lowest BCUT2D eigenvalue weighted by Gasteiger charge is -2.32. The third-order valence-corrected chi connectivity index (χ3v) is 7.90. The number of anilines is 1. The number of halogens is 3. The molecule has 0 radical (unpaired) electrons. The second-order valence-corrected chi connectivity index (χ2v) is 10.5. The van der Waals surface area contributed by atoms with Crippen molar-refractivity contribution in [2.75, 3.05) is 45.2 Å². The van der Waals surface area contributed by atoms with Crippen molar-refractivity contribution in [2.45, 2.75) is 50.7 Å². The summed E-state index contributed by atoms with van der Waals surface area (Å²) in [5.41, 5.74) is -0.821. The number of carbonyl (C=O) groups excluding carboxylic acids is 1. The monoisotopic (exact) mass is 544 g/mol. The van der Waals surface area contributed by atoms with Gasteiger partial charge in [-0.15, -0.1) is 0 Å². The fourth-order valence-electron chi connectivity index (χ4n) is 5.70. The maximum absolute atomic E-state index is 13.4. The molecule has 2 N–H and O–H groups in total. The number of ether oxygens (including phenoxy) is 1. The Balaban J connectivity index is 1.23. The highest BCUT2D eigenvalue weighted by atomic mass is 19.4. The first-order chi connectivity index (χ1) is 18.8. The number of methoxy groups -OCH3 is 1. The Hall–Kier alpha value is -3.18. The Morgan fingerprint density at radius 2 is 1.95 bits per heavy atom. The van der Waals surface area contributed by atoms with Crippen LogP contribution < -0.4 is 15.4 Å². The number of amides is 1. The lowest BCUT2D eigenvalue weighted by molar-refractivity contribution is -0.138. The number of alkyl halides is 3. The molecule has 0 saturated carbocycles. The first-order valence-electron chi connectivity index (χ1n) is 13.7. The molecule has 2 aromatic heterocycles. The van der Waals surface area contributed by atoms with E-state index in [1.54, 1.807) is 12.1 Å². The molecule has 0 unspecified atom stereocenters. The molecule has 1 aromatic carbocycles. The molecule has 1 amide bonds. The SMILES string of the molecule is COc1cc2nn(C3CCN(CCCC4CCNCC4)CC3)cc2cc1NC(=O)c1ncccc1C(F)(F)F. The number of nitrogens with zero attached hydrogens (tertiary/aromatic N) is 4. The molecule has 0 spiro atoms. The molecule has 11 heteroatoms. The number of carbonyl (C=O) groups is 1. The Morgan fingerprint density at radius 1 is 1.18 bits per heavy atom. The van der Waals surface area contributed by atoms with Crippen LogP contribution in [0.3, 0.4) is 0 Å². The van der Waals surface area contributed by atoms with E-state index in [4.69, 9.17) is 9.84 Å². The third-order valence-electron chi connectivity index (χ3n) is 7.90. The van der Waals surface area contributed by atoms with E-state index >= 15 is 0 Å².